The monoisotopic (exact) mass is 440 g/mol. The highest BCUT2D eigenvalue weighted by Gasteiger charge is 2.88. The van der Waals surface area contributed by atoms with Crippen molar-refractivity contribution in [3.63, 3.8) is 0 Å². The maximum absolute atomic E-state index is 14.1. The van der Waals surface area contributed by atoms with Crippen LogP contribution in [-0.2, 0) is 14.3 Å². The average molecular weight is 441 g/mol. The number of ether oxygens (including phenoxy) is 1. The van der Waals surface area contributed by atoms with Gasteiger partial charge in [-0.05, 0) is 63.2 Å². The highest BCUT2D eigenvalue weighted by Crippen LogP contribution is 2.81. The van der Waals surface area contributed by atoms with Crippen LogP contribution >= 0.6 is 0 Å². The van der Waals surface area contributed by atoms with Gasteiger partial charge in [0.2, 0.25) is 5.78 Å². The summed E-state index contributed by atoms with van der Waals surface area (Å²) in [5.41, 5.74) is -2.34. The number of hydrogen-bond acceptors (Lipinski definition) is 6. The first-order valence-corrected chi connectivity index (χ1v) is 11.8. The maximum atomic E-state index is 14.1. The van der Waals surface area contributed by atoms with Gasteiger partial charge in [0.1, 0.15) is 11.4 Å². The molecule has 1 aliphatic heterocycles. The number of carbonyl (C=O) groups is 2. The van der Waals surface area contributed by atoms with E-state index in [2.05, 4.69) is 6.92 Å². The highest BCUT2D eigenvalue weighted by atomic mass is 16.6. The first-order valence-electron chi connectivity index (χ1n) is 11.8. The second-order valence-electron chi connectivity index (χ2n) is 12.1. The normalized spacial score (nSPS) is 51.1. The fourth-order valence-electron chi connectivity index (χ4n) is 9.40. The fraction of sp³-hybridized carbons (Fsp3) is 0.692. The minimum Gasteiger partial charge on any atom is -0.504 e. The molecule has 0 aromatic carbocycles. The van der Waals surface area contributed by atoms with Crippen molar-refractivity contribution in [1.29, 1.82) is 0 Å². The first kappa shape index (κ1) is 20.7. The molecule has 172 valence electrons. The van der Waals surface area contributed by atoms with Crippen molar-refractivity contribution >= 4 is 11.6 Å². The van der Waals surface area contributed by atoms with Crippen LogP contribution in [0, 0.1) is 27.6 Å². The number of aliphatic hydroxyl groups excluding tert-OH is 2. The third kappa shape index (κ3) is 1.86. The van der Waals surface area contributed by atoms with Crippen LogP contribution in [0.25, 0.3) is 0 Å². The van der Waals surface area contributed by atoms with Crippen molar-refractivity contribution in [2.24, 2.45) is 27.6 Å². The van der Waals surface area contributed by atoms with Gasteiger partial charge in [-0.15, -0.1) is 0 Å². The lowest BCUT2D eigenvalue weighted by Crippen LogP contribution is -2.70. The lowest BCUT2D eigenvalue weighted by atomic mass is 9.38. The summed E-state index contributed by atoms with van der Waals surface area (Å²) in [6, 6.07) is 1.96. The molecule has 4 aliphatic carbocycles. The summed E-state index contributed by atoms with van der Waals surface area (Å²) < 4.78 is 11.8. The van der Waals surface area contributed by atoms with E-state index >= 15 is 0 Å². The Hall–Kier alpha value is -1.92. The van der Waals surface area contributed by atoms with Gasteiger partial charge in [0.05, 0.1) is 30.1 Å². The fourth-order valence-corrected chi connectivity index (χ4v) is 9.40. The molecule has 0 bridgehead atoms. The van der Waals surface area contributed by atoms with E-state index in [1.54, 1.807) is 26.4 Å². The van der Waals surface area contributed by atoms with E-state index in [1.165, 1.54) is 0 Å². The minimum atomic E-state index is -1.08. The molecule has 8 unspecified atom stereocenters. The van der Waals surface area contributed by atoms with Crippen LogP contribution in [0.1, 0.15) is 71.8 Å². The Morgan fingerprint density at radius 3 is 2.50 bits per heavy atom. The van der Waals surface area contributed by atoms with Crippen molar-refractivity contribution in [2.45, 2.75) is 84.0 Å². The third-order valence-corrected chi connectivity index (χ3v) is 10.5. The number of rotatable bonds is 1. The van der Waals surface area contributed by atoms with E-state index in [-0.39, 0.29) is 29.3 Å². The number of hydrogen-bond donors (Lipinski definition) is 2. The summed E-state index contributed by atoms with van der Waals surface area (Å²) in [5.74, 6) is -0.955. The molecule has 1 aromatic rings. The number of fused-ring (bicyclic) bond motifs is 3. The summed E-state index contributed by atoms with van der Waals surface area (Å²) >= 11 is 0. The predicted octanol–water partition coefficient (Wildman–Crippen LogP) is 4.09. The van der Waals surface area contributed by atoms with E-state index in [4.69, 9.17) is 9.15 Å². The first-order chi connectivity index (χ1) is 14.9. The number of allylic oxidation sites excluding steroid dienone is 2. The maximum Gasteiger partial charge on any atom is 0.206 e. The molecule has 6 rings (SSSR count). The highest BCUT2D eigenvalue weighted by molar-refractivity contribution is 6.04. The van der Waals surface area contributed by atoms with Gasteiger partial charge in [0, 0.05) is 28.6 Å². The lowest BCUT2D eigenvalue weighted by molar-refractivity contribution is -0.195. The molecule has 1 aromatic heterocycles. The molecule has 4 fully saturated rings. The van der Waals surface area contributed by atoms with E-state index in [0.29, 0.717) is 24.8 Å². The topological polar surface area (TPSA) is 100 Å². The van der Waals surface area contributed by atoms with Gasteiger partial charge in [-0.1, -0.05) is 13.8 Å². The molecule has 6 heteroatoms. The second kappa shape index (κ2) is 5.58. The van der Waals surface area contributed by atoms with Crippen molar-refractivity contribution in [2.75, 3.05) is 0 Å². The molecular formula is C26H32O6. The second-order valence-corrected chi connectivity index (χ2v) is 12.1. The summed E-state index contributed by atoms with van der Waals surface area (Å²) in [4.78, 5) is 26.9. The molecule has 0 amide bonds. The van der Waals surface area contributed by atoms with Crippen LogP contribution < -0.4 is 0 Å². The van der Waals surface area contributed by atoms with E-state index in [0.717, 1.165) is 12.0 Å². The standard InChI is InChI=1S/C26H32O6/c1-22(2)16(28)6-8-23(3)19-15(27)11-24(4)14(13-7-9-31-12-13)10-17-26(24,32-17)25(19,5)21(30)18(29)20(22)23/h7,9,12,14-15,17,19,27,29H,6,8,10-11H2,1-5H3. The van der Waals surface area contributed by atoms with Crippen LogP contribution in [-0.4, -0.2) is 39.6 Å². The van der Waals surface area contributed by atoms with Crippen molar-refractivity contribution in [3.05, 3.63) is 35.5 Å². The summed E-state index contributed by atoms with van der Waals surface area (Å²) in [5, 5.41) is 23.1. The van der Waals surface area contributed by atoms with Crippen LogP contribution in [0.3, 0.4) is 0 Å². The number of aliphatic hydroxyl groups is 2. The number of Topliss-reactive ketones (excluding diaryl/α,β-unsaturated/α-hetero) is 2. The Morgan fingerprint density at radius 1 is 1.12 bits per heavy atom. The summed E-state index contributed by atoms with van der Waals surface area (Å²) in [7, 11) is 0. The van der Waals surface area contributed by atoms with Crippen LogP contribution in [0.4, 0.5) is 0 Å². The Kier molecular flexibility index (Phi) is 3.61. The largest absolute Gasteiger partial charge is 0.504 e. The number of carbonyl (C=O) groups excluding carboxylic acids is 2. The molecule has 32 heavy (non-hydrogen) atoms. The van der Waals surface area contributed by atoms with Gasteiger partial charge in [-0.3, -0.25) is 9.59 Å². The summed E-state index contributed by atoms with van der Waals surface area (Å²) in [6.07, 6.45) is 4.71. The molecule has 8 atom stereocenters. The number of furan rings is 1. The molecule has 3 saturated carbocycles. The van der Waals surface area contributed by atoms with Gasteiger partial charge in [0.25, 0.3) is 0 Å². The lowest BCUT2D eigenvalue weighted by Gasteiger charge is -2.64. The molecular weight excluding hydrogens is 408 g/mol. The Balaban J connectivity index is 1.58. The molecule has 2 N–H and O–H groups in total. The van der Waals surface area contributed by atoms with Crippen LogP contribution in [0.2, 0.25) is 0 Å². The van der Waals surface area contributed by atoms with E-state index < -0.39 is 39.3 Å². The number of epoxide rings is 1. The Morgan fingerprint density at radius 2 is 1.84 bits per heavy atom. The molecule has 1 saturated heterocycles. The molecule has 2 heterocycles. The zero-order valence-corrected chi connectivity index (χ0v) is 19.4. The van der Waals surface area contributed by atoms with Gasteiger partial charge in [-0.2, -0.15) is 0 Å². The average Bonchev–Trinajstić information content (AvgIpc) is 3.08. The SMILES string of the molecule is CC1(C)C(=O)CCC2(C)C1=C(O)C(=O)C1(C)C2C(O)CC2(C)C(c3ccoc3)CC3OC321. The third-order valence-electron chi connectivity index (χ3n) is 10.5. The van der Waals surface area contributed by atoms with Gasteiger partial charge >= 0.3 is 0 Å². The van der Waals surface area contributed by atoms with Crippen molar-refractivity contribution < 1.29 is 29.0 Å². The molecule has 6 nitrogen and oxygen atoms in total. The predicted molar refractivity (Wildman–Crippen MR) is 115 cm³/mol. The molecule has 1 spiro atoms. The van der Waals surface area contributed by atoms with Gasteiger partial charge in [0.15, 0.2) is 5.76 Å². The number of ketones is 2. The zero-order chi connectivity index (χ0) is 23.1. The Labute approximate surface area is 188 Å². The molecule has 0 radical (unpaired) electrons. The van der Waals surface area contributed by atoms with Crippen molar-refractivity contribution in [1.82, 2.24) is 0 Å². The molecule has 5 aliphatic rings. The smallest absolute Gasteiger partial charge is 0.206 e. The Bertz CT molecular complexity index is 1080. The van der Waals surface area contributed by atoms with Crippen LogP contribution in [0.5, 0.6) is 0 Å². The quantitative estimate of drug-likeness (QED) is 0.638. The van der Waals surface area contributed by atoms with Gasteiger partial charge in [-0.25, -0.2) is 0 Å². The zero-order valence-electron chi connectivity index (χ0n) is 19.4. The minimum absolute atomic E-state index is 0.0302. The van der Waals surface area contributed by atoms with E-state index in [9.17, 15) is 19.8 Å². The summed E-state index contributed by atoms with van der Waals surface area (Å²) in [6.45, 7) is 9.66. The van der Waals surface area contributed by atoms with E-state index in [1.807, 2.05) is 19.9 Å². The van der Waals surface area contributed by atoms with Gasteiger partial charge < -0.3 is 19.4 Å². The van der Waals surface area contributed by atoms with Crippen LogP contribution in [0.15, 0.2) is 34.3 Å². The van der Waals surface area contributed by atoms with Crippen molar-refractivity contribution in [3.8, 4) is 0 Å².